The monoisotopic (exact) mass is 342 g/mol. The summed E-state index contributed by atoms with van der Waals surface area (Å²) in [4.78, 5) is 11.9. The standard InChI is InChI=1S/C21H30N2O2/c1-14(22-20(24)25-21(5,6)7)13-18-9-8-10-19(17(18)4)23-15(2)11-12-16(23)3/h8-12,14H,13H2,1-7H3,(H,22,24)/t14-/m1/s1. The Balaban J connectivity index is 2.16. The first kappa shape index (κ1) is 19.1. The van der Waals surface area contributed by atoms with Gasteiger partial charge in [0.15, 0.2) is 0 Å². The van der Waals surface area contributed by atoms with Crippen LogP contribution >= 0.6 is 0 Å². The highest BCUT2D eigenvalue weighted by atomic mass is 16.6. The van der Waals surface area contributed by atoms with Crippen molar-refractivity contribution in [1.82, 2.24) is 9.88 Å². The average Bonchev–Trinajstić information content (AvgIpc) is 2.78. The summed E-state index contributed by atoms with van der Waals surface area (Å²) in [6, 6.07) is 10.6. The number of rotatable bonds is 4. The SMILES string of the molecule is Cc1c(C[C@@H](C)NC(=O)OC(C)(C)C)cccc1-n1c(C)ccc1C. The number of aryl methyl sites for hydroxylation is 2. The first-order valence-electron chi connectivity index (χ1n) is 8.82. The zero-order valence-electron chi connectivity index (χ0n) is 16.4. The fraction of sp³-hybridized carbons (Fsp3) is 0.476. The Kier molecular flexibility index (Phi) is 5.61. The van der Waals surface area contributed by atoms with Crippen LogP contribution in [0.3, 0.4) is 0 Å². The first-order chi connectivity index (χ1) is 11.6. The highest BCUT2D eigenvalue weighted by molar-refractivity contribution is 5.68. The zero-order valence-corrected chi connectivity index (χ0v) is 16.4. The molecule has 4 nitrogen and oxygen atoms in total. The first-order valence-corrected chi connectivity index (χ1v) is 8.82. The predicted octanol–water partition coefficient (Wildman–Crippen LogP) is 4.86. The largest absolute Gasteiger partial charge is 0.444 e. The Morgan fingerprint density at radius 3 is 2.28 bits per heavy atom. The number of ether oxygens (including phenoxy) is 1. The summed E-state index contributed by atoms with van der Waals surface area (Å²) in [5, 5.41) is 2.92. The minimum absolute atomic E-state index is 0.00402. The molecule has 0 unspecified atom stereocenters. The maximum Gasteiger partial charge on any atom is 0.407 e. The summed E-state index contributed by atoms with van der Waals surface area (Å²) in [6.07, 6.45) is 0.393. The van der Waals surface area contributed by atoms with E-state index in [1.54, 1.807) is 0 Å². The number of benzene rings is 1. The van der Waals surface area contributed by atoms with Gasteiger partial charge >= 0.3 is 6.09 Å². The van der Waals surface area contributed by atoms with E-state index in [1.807, 2.05) is 27.7 Å². The normalized spacial score (nSPS) is 12.8. The Morgan fingerprint density at radius 2 is 1.72 bits per heavy atom. The Hall–Kier alpha value is -2.23. The number of hydrogen-bond donors (Lipinski definition) is 1. The van der Waals surface area contributed by atoms with Gasteiger partial charge in [-0.15, -0.1) is 0 Å². The maximum atomic E-state index is 11.9. The molecule has 0 saturated carbocycles. The van der Waals surface area contributed by atoms with E-state index in [2.05, 4.69) is 61.0 Å². The minimum atomic E-state index is -0.483. The van der Waals surface area contributed by atoms with Gasteiger partial charge in [0.2, 0.25) is 0 Å². The van der Waals surface area contributed by atoms with E-state index in [-0.39, 0.29) is 12.1 Å². The number of amides is 1. The third-order valence-electron chi connectivity index (χ3n) is 4.22. The Bertz CT molecular complexity index is 734. The maximum absolute atomic E-state index is 11.9. The van der Waals surface area contributed by atoms with Crippen LogP contribution in [0.2, 0.25) is 0 Å². The quantitative estimate of drug-likeness (QED) is 0.862. The molecule has 0 aliphatic heterocycles. The van der Waals surface area contributed by atoms with Crippen LogP contribution in [0.1, 0.15) is 50.2 Å². The number of carbonyl (C=O) groups is 1. The van der Waals surface area contributed by atoms with Crippen LogP contribution in [0.25, 0.3) is 5.69 Å². The molecule has 1 amide bonds. The molecule has 0 bridgehead atoms. The molecule has 0 saturated heterocycles. The molecule has 4 heteroatoms. The topological polar surface area (TPSA) is 43.3 Å². The Labute approximate surface area is 151 Å². The van der Waals surface area contributed by atoms with E-state index in [9.17, 15) is 4.79 Å². The second kappa shape index (κ2) is 7.34. The van der Waals surface area contributed by atoms with E-state index < -0.39 is 5.60 Å². The lowest BCUT2D eigenvalue weighted by atomic mass is 10.00. The van der Waals surface area contributed by atoms with Gasteiger partial charge in [-0.1, -0.05) is 12.1 Å². The molecule has 0 radical (unpaired) electrons. The highest BCUT2D eigenvalue weighted by Crippen LogP contribution is 2.23. The molecular formula is C21H30N2O2. The third kappa shape index (κ3) is 4.88. The van der Waals surface area contributed by atoms with Crippen molar-refractivity contribution in [1.29, 1.82) is 0 Å². The molecule has 136 valence electrons. The fourth-order valence-electron chi connectivity index (χ4n) is 3.07. The lowest BCUT2D eigenvalue weighted by Crippen LogP contribution is -2.38. The number of nitrogens with one attached hydrogen (secondary N) is 1. The van der Waals surface area contributed by atoms with Gasteiger partial charge in [-0.05, 0) is 84.2 Å². The average molecular weight is 342 g/mol. The van der Waals surface area contributed by atoms with Crippen molar-refractivity contribution in [3.8, 4) is 5.69 Å². The van der Waals surface area contributed by atoms with Crippen LogP contribution in [0.15, 0.2) is 30.3 Å². The molecule has 0 aliphatic rings. The van der Waals surface area contributed by atoms with E-state index in [1.165, 1.54) is 28.2 Å². The van der Waals surface area contributed by atoms with Gasteiger partial charge in [0.1, 0.15) is 5.60 Å². The van der Waals surface area contributed by atoms with Gasteiger partial charge in [-0.2, -0.15) is 0 Å². The molecule has 0 fully saturated rings. The number of aromatic nitrogens is 1. The van der Waals surface area contributed by atoms with Gasteiger partial charge in [0, 0.05) is 23.1 Å². The van der Waals surface area contributed by atoms with Crippen LogP contribution in [-0.2, 0) is 11.2 Å². The van der Waals surface area contributed by atoms with Crippen LogP contribution in [0.5, 0.6) is 0 Å². The number of alkyl carbamates (subject to hydrolysis) is 1. The van der Waals surface area contributed by atoms with Crippen molar-refractivity contribution in [3.05, 3.63) is 52.8 Å². The summed E-state index contributed by atoms with van der Waals surface area (Å²) in [5.41, 5.74) is 5.62. The molecule has 1 N–H and O–H groups in total. The van der Waals surface area contributed by atoms with Crippen LogP contribution in [0.4, 0.5) is 4.79 Å². The highest BCUT2D eigenvalue weighted by Gasteiger charge is 2.18. The molecule has 1 heterocycles. The van der Waals surface area contributed by atoms with E-state index in [4.69, 9.17) is 4.74 Å². The summed E-state index contributed by atoms with van der Waals surface area (Å²) < 4.78 is 7.60. The molecular weight excluding hydrogens is 312 g/mol. The smallest absolute Gasteiger partial charge is 0.407 e. The number of hydrogen-bond acceptors (Lipinski definition) is 2. The van der Waals surface area contributed by atoms with Crippen molar-refractivity contribution in [3.63, 3.8) is 0 Å². The molecule has 2 rings (SSSR count). The zero-order chi connectivity index (χ0) is 18.8. The second-order valence-electron chi connectivity index (χ2n) is 7.76. The van der Waals surface area contributed by atoms with Gasteiger partial charge < -0.3 is 14.6 Å². The third-order valence-corrected chi connectivity index (χ3v) is 4.22. The van der Waals surface area contributed by atoms with Gasteiger partial charge in [0.05, 0.1) is 0 Å². The second-order valence-corrected chi connectivity index (χ2v) is 7.76. The van der Waals surface area contributed by atoms with Crippen LogP contribution in [-0.4, -0.2) is 22.3 Å². The fourth-order valence-corrected chi connectivity index (χ4v) is 3.07. The Morgan fingerprint density at radius 1 is 1.12 bits per heavy atom. The lowest BCUT2D eigenvalue weighted by Gasteiger charge is -2.23. The van der Waals surface area contributed by atoms with Crippen molar-refractivity contribution in [2.24, 2.45) is 0 Å². The van der Waals surface area contributed by atoms with Crippen molar-refractivity contribution < 1.29 is 9.53 Å². The minimum Gasteiger partial charge on any atom is -0.444 e. The summed E-state index contributed by atoms with van der Waals surface area (Å²) in [5.74, 6) is 0. The molecule has 0 aliphatic carbocycles. The summed E-state index contributed by atoms with van der Waals surface area (Å²) in [6.45, 7) is 14.0. The number of carbonyl (C=O) groups excluding carboxylic acids is 1. The van der Waals surface area contributed by atoms with Gasteiger partial charge in [-0.25, -0.2) is 4.79 Å². The van der Waals surface area contributed by atoms with Crippen LogP contribution in [0, 0.1) is 20.8 Å². The molecule has 2 aromatic rings. The number of nitrogens with zero attached hydrogens (tertiary/aromatic N) is 1. The van der Waals surface area contributed by atoms with E-state index in [0.29, 0.717) is 0 Å². The summed E-state index contributed by atoms with van der Waals surface area (Å²) in [7, 11) is 0. The van der Waals surface area contributed by atoms with E-state index in [0.717, 1.165) is 6.42 Å². The van der Waals surface area contributed by atoms with Gasteiger partial charge in [-0.3, -0.25) is 0 Å². The lowest BCUT2D eigenvalue weighted by molar-refractivity contribution is 0.0508. The van der Waals surface area contributed by atoms with E-state index >= 15 is 0 Å². The van der Waals surface area contributed by atoms with Crippen molar-refractivity contribution >= 4 is 6.09 Å². The van der Waals surface area contributed by atoms with Crippen LogP contribution < -0.4 is 5.32 Å². The summed E-state index contributed by atoms with van der Waals surface area (Å²) >= 11 is 0. The van der Waals surface area contributed by atoms with Crippen molar-refractivity contribution in [2.75, 3.05) is 0 Å². The predicted molar refractivity (Wildman–Crippen MR) is 103 cm³/mol. The van der Waals surface area contributed by atoms with Crippen molar-refractivity contribution in [2.45, 2.75) is 66.5 Å². The molecule has 25 heavy (non-hydrogen) atoms. The molecule has 0 spiro atoms. The van der Waals surface area contributed by atoms with Gasteiger partial charge in [0.25, 0.3) is 0 Å². The molecule has 1 aromatic carbocycles. The molecule has 1 aromatic heterocycles. The molecule has 1 atom stereocenters.